The third-order valence-electron chi connectivity index (χ3n) is 4.79. The lowest BCUT2D eigenvalue weighted by Gasteiger charge is -2.15. The van der Waals surface area contributed by atoms with Crippen molar-refractivity contribution in [3.8, 4) is 17.0 Å². The van der Waals surface area contributed by atoms with Crippen molar-refractivity contribution in [3.05, 3.63) is 72.2 Å². The van der Waals surface area contributed by atoms with Gasteiger partial charge in [0.25, 0.3) is 5.91 Å². The van der Waals surface area contributed by atoms with Crippen molar-refractivity contribution in [1.82, 2.24) is 14.8 Å². The van der Waals surface area contributed by atoms with Gasteiger partial charge in [-0.1, -0.05) is 36.4 Å². The highest BCUT2D eigenvalue weighted by atomic mass is 19.1. The number of benzene rings is 2. The molecule has 152 valence electrons. The van der Waals surface area contributed by atoms with Crippen molar-refractivity contribution in [2.24, 2.45) is 7.05 Å². The number of halogens is 1. The molecule has 2 aromatic carbocycles. The molecule has 0 aliphatic carbocycles. The number of rotatable bonds is 5. The van der Waals surface area contributed by atoms with Crippen LogP contribution in [0, 0.1) is 12.7 Å². The van der Waals surface area contributed by atoms with E-state index in [0.29, 0.717) is 17.2 Å². The molecule has 2 aromatic heterocycles. The maximum atomic E-state index is 13.4. The predicted octanol–water partition coefficient (Wildman–Crippen LogP) is 4.49. The number of anilines is 1. The van der Waals surface area contributed by atoms with Crippen LogP contribution in [0.4, 0.5) is 10.1 Å². The normalized spacial score (nSPS) is 12.0. The molecule has 0 fully saturated rings. The van der Waals surface area contributed by atoms with Crippen LogP contribution in [0.25, 0.3) is 22.2 Å². The molecule has 1 N–H and O–H groups in total. The molecule has 1 atom stereocenters. The van der Waals surface area contributed by atoms with Crippen LogP contribution in [0.15, 0.2) is 60.7 Å². The minimum Gasteiger partial charge on any atom is -0.464 e. The fraction of sp³-hybridized carbons (Fsp3) is 0.174. The van der Waals surface area contributed by atoms with Crippen molar-refractivity contribution in [2.75, 3.05) is 5.32 Å². The predicted molar refractivity (Wildman–Crippen MR) is 114 cm³/mol. The lowest BCUT2D eigenvalue weighted by Crippen LogP contribution is -2.30. The van der Waals surface area contributed by atoms with E-state index in [1.807, 2.05) is 50.4 Å². The number of hydrogen-bond acceptors (Lipinski definition) is 4. The van der Waals surface area contributed by atoms with Gasteiger partial charge in [0.05, 0.1) is 11.1 Å². The van der Waals surface area contributed by atoms with Crippen molar-refractivity contribution in [3.63, 3.8) is 0 Å². The highest BCUT2D eigenvalue weighted by Crippen LogP contribution is 2.33. The van der Waals surface area contributed by atoms with Crippen LogP contribution in [0.2, 0.25) is 0 Å². The Morgan fingerprint density at radius 2 is 1.90 bits per heavy atom. The van der Waals surface area contributed by atoms with Gasteiger partial charge in [-0.15, -0.1) is 0 Å². The Morgan fingerprint density at radius 3 is 2.63 bits per heavy atom. The number of carbonyl (C=O) groups is 1. The molecule has 0 aliphatic heterocycles. The molecule has 0 aliphatic rings. The molecule has 0 radical (unpaired) electrons. The second kappa shape index (κ2) is 7.94. The summed E-state index contributed by atoms with van der Waals surface area (Å²) in [5.74, 6) is -0.510. The molecule has 30 heavy (non-hydrogen) atoms. The molecule has 4 aromatic rings. The molecule has 0 bridgehead atoms. The molecule has 2 heterocycles. The van der Waals surface area contributed by atoms with Gasteiger partial charge in [0, 0.05) is 18.8 Å². The monoisotopic (exact) mass is 404 g/mol. The Hall–Kier alpha value is -3.74. The lowest BCUT2D eigenvalue weighted by atomic mass is 10.0. The lowest BCUT2D eigenvalue weighted by molar-refractivity contribution is -0.122. The maximum Gasteiger partial charge on any atom is 0.265 e. The van der Waals surface area contributed by atoms with Gasteiger partial charge in [0.2, 0.25) is 5.88 Å². The fourth-order valence-corrected chi connectivity index (χ4v) is 3.37. The van der Waals surface area contributed by atoms with Crippen molar-refractivity contribution >= 4 is 22.6 Å². The van der Waals surface area contributed by atoms with E-state index in [1.165, 1.54) is 18.2 Å². The van der Waals surface area contributed by atoms with Crippen LogP contribution < -0.4 is 10.1 Å². The number of amides is 1. The molecule has 1 amide bonds. The molecule has 0 saturated heterocycles. The summed E-state index contributed by atoms with van der Waals surface area (Å²) in [7, 11) is 1.82. The van der Waals surface area contributed by atoms with E-state index in [1.54, 1.807) is 17.7 Å². The Labute approximate surface area is 173 Å². The topological polar surface area (TPSA) is 69.0 Å². The summed E-state index contributed by atoms with van der Waals surface area (Å²) in [6.45, 7) is 3.56. The summed E-state index contributed by atoms with van der Waals surface area (Å²) < 4.78 is 20.9. The van der Waals surface area contributed by atoms with Gasteiger partial charge in [0.15, 0.2) is 11.8 Å². The third-order valence-corrected chi connectivity index (χ3v) is 4.79. The number of aryl methyl sites for hydroxylation is 2. The number of nitrogens with one attached hydrogen (secondary N) is 1. The van der Waals surface area contributed by atoms with Crippen LogP contribution in [0.3, 0.4) is 0 Å². The van der Waals surface area contributed by atoms with Crippen molar-refractivity contribution in [1.29, 1.82) is 0 Å². The van der Waals surface area contributed by atoms with E-state index >= 15 is 0 Å². The number of fused-ring (bicyclic) bond motifs is 1. The van der Waals surface area contributed by atoms with Crippen LogP contribution in [-0.4, -0.2) is 26.8 Å². The van der Waals surface area contributed by atoms with Gasteiger partial charge in [-0.25, -0.2) is 4.39 Å². The minimum atomic E-state index is -0.837. The number of pyridine rings is 1. The summed E-state index contributed by atoms with van der Waals surface area (Å²) in [5.41, 5.74) is 3.83. The fourth-order valence-electron chi connectivity index (χ4n) is 3.37. The highest BCUT2D eigenvalue weighted by Gasteiger charge is 2.20. The molecule has 4 rings (SSSR count). The summed E-state index contributed by atoms with van der Waals surface area (Å²) in [6.07, 6.45) is -0.837. The Balaban J connectivity index is 1.66. The molecule has 1 unspecified atom stereocenters. The smallest absolute Gasteiger partial charge is 0.265 e. The highest BCUT2D eigenvalue weighted by molar-refractivity contribution is 5.96. The Kier molecular flexibility index (Phi) is 5.18. The molecule has 0 saturated carbocycles. The van der Waals surface area contributed by atoms with Gasteiger partial charge in [0.1, 0.15) is 5.82 Å². The molecular formula is C23H21FN4O2. The van der Waals surface area contributed by atoms with Crippen molar-refractivity contribution in [2.45, 2.75) is 20.0 Å². The summed E-state index contributed by atoms with van der Waals surface area (Å²) in [5, 5.41) is 8.07. The summed E-state index contributed by atoms with van der Waals surface area (Å²) in [6, 6.07) is 17.4. The molecule has 6 nitrogen and oxygen atoms in total. The van der Waals surface area contributed by atoms with Gasteiger partial charge in [-0.2, -0.15) is 10.1 Å². The van der Waals surface area contributed by atoms with Gasteiger partial charge >= 0.3 is 0 Å². The first kappa shape index (κ1) is 19.6. The zero-order valence-corrected chi connectivity index (χ0v) is 16.9. The number of nitrogens with zero attached hydrogens (tertiary/aromatic N) is 3. The molecular weight excluding hydrogens is 383 g/mol. The second-order valence-electron chi connectivity index (χ2n) is 7.04. The quantitative estimate of drug-likeness (QED) is 0.532. The number of hydrogen-bond donors (Lipinski definition) is 1. The van der Waals surface area contributed by atoms with Crippen LogP contribution in [-0.2, 0) is 11.8 Å². The minimum absolute atomic E-state index is 0.311. The first-order valence-corrected chi connectivity index (χ1v) is 9.55. The summed E-state index contributed by atoms with van der Waals surface area (Å²) in [4.78, 5) is 17.1. The zero-order chi connectivity index (χ0) is 21.3. The van der Waals surface area contributed by atoms with Crippen LogP contribution >= 0.6 is 0 Å². The first-order chi connectivity index (χ1) is 14.4. The largest absolute Gasteiger partial charge is 0.464 e. The second-order valence-corrected chi connectivity index (χ2v) is 7.04. The van der Waals surface area contributed by atoms with E-state index in [9.17, 15) is 9.18 Å². The van der Waals surface area contributed by atoms with Gasteiger partial charge in [-0.05, 0) is 43.2 Å². The van der Waals surface area contributed by atoms with E-state index < -0.39 is 17.8 Å². The average molecular weight is 404 g/mol. The van der Waals surface area contributed by atoms with Gasteiger partial charge < -0.3 is 10.1 Å². The maximum absolute atomic E-state index is 13.4. The van der Waals surface area contributed by atoms with Crippen LogP contribution in [0.5, 0.6) is 5.88 Å². The van der Waals surface area contributed by atoms with Gasteiger partial charge in [-0.3, -0.25) is 9.48 Å². The average Bonchev–Trinajstić information content (AvgIpc) is 3.01. The number of ether oxygens (including phenoxy) is 1. The first-order valence-electron chi connectivity index (χ1n) is 9.55. The van der Waals surface area contributed by atoms with Crippen molar-refractivity contribution < 1.29 is 13.9 Å². The molecule has 7 heteroatoms. The summed E-state index contributed by atoms with van der Waals surface area (Å²) >= 11 is 0. The Bertz CT molecular complexity index is 1220. The molecule has 0 spiro atoms. The van der Waals surface area contributed by atoms with E-state index in [4.69, 9.17) is 4.74 Å². The van der Waals surface area contributed by atoms with E-state index in [2.05, 4.69) is 15.4 Å². The zero-order valence-electron chi connectivity index (χ0n) is 16.9. The van der Waals surface area contributed by atoms with E-state index in [0.717, 1.165) is 22.2 Å². The number of carbonyl (C=O) groups excluding carboxylic acids is 1. The van der Waals surface area contributed by atoms with Crippen LogP contribution in [0.1, 0.15) is 12.6 Å². The number of aromatic nitrogens is 3. The Morgan fingerprint density at radius 1 is 1.13 bits per heavy atom. The van der Waals surface area contributed by atoms with E-state index in [-0.39, 0.29) is 0 Å². The third kappa shape index (κ3) is 3.87. The standard InChI is InChI=1S/C23H21FN4O2/c1-14-21-19(16-8-5-4-6-9-16)13-20(26-22(21)28(3)27-14)30-15(2)23(29)25-18-11-7-10-17(24)12-18/h4-13,15H,1-3H3,(H,25,29). The SMILES string of the molecule is Cc1nn(C)c2nc(OC(C)C(=O)Nc3cccc(F)c3)cc(-c3ccccc3)c12.